The van der Waals surface area contributed by atoms with Crippen LogP contribution in [0.1, 0.15) is 58.8 Å². The predicted octanol–water partition coefficient (Wildman–Crippen LogP) is 2.41. The first-order chi connectivity index (χ1) is 13.1. The first kappa shape index (κ1) is 19.7. The summed E-state index contributed by atoms with van der Waals surface area (Å²) < 4.78 is 5.49. The summed E-state index contributed by atoms with van der Waals surface area (Å²) in [6.45, 7) is 9.78. The van der Waals surface area contributed by atoms with E-state index >= 15 is 0 Å². The molecule has 0 aromatic heterocycles. The van der Waals surface area contributed by atoms with Gasteiger partial charge in [-0.15, -0.1) is 0 Å². The van der Waals surface area contributed by atoms with Crippen LogP contribution in [0.15, 0.2) is 0 Å². The molecule has 7 unspecified atom stereocenters. The molecule has 5 nitrogen and oxygen atoms in total. The number of hydrogen-bond acceptors (Lipinski definition) is 4. The molecule has 7 atom stereocenters. The van der Waals surface area contributed by atoms with Crippen molar-refractivity contribution in [1.82, 2.24) is 15.5 Å². The van der Waals surface area contributed by atoms with Crippen molar-refractivity contribution in [2.45, 2.75) is 76.9 Å². The van der Waals surface area contributed by atoms with Gasteiger partial charge < -0.3 is 15.4 Å². The lowest BCUT2D eigenvalue weighted by Crippen LogP contribution is -2.50. The number of carbonyl (C=O) groups excluding carboxylic acids is 1. The quantitative estimate of drug-likeness (QED) is 0.790. The summed E-state index contributed by atoms with van der Waals surface area (Å²) in [6, 6.07) is 0.967. The number of morpholine rings is 1. The van der Waals surface area contributed by atoms with Gasteiger partial charge in [-0.1, -0.05) is 20.3 Å². The van der Waals surface area contributed by atoms with E-state index in [-0.39, 0.29) is 11.9 Å². The number of carbonyl (C=O) groups is 1. The predicted molar refractivity (Wildman–Crippen MR) is 108 cm³/mol. The molecule has 154 valence electrons. The Morgan fingerprint density at radius 3 is 2.67 bits per heavy atom. The second-order valence-corrected chi connectivity index (χ2v) is 9.82. The Bertz CT molecular complexity index is 508. The van der Waals surface area contributed by atoms with Crippen molar-refractivity contribution in [3.63, 3.8) is 0 Å². The van der Waals surface area contributed by atoms with Crippen molar-refractivity contribution < 1.29 is 9.53 Å². The summed E-state index contributed by atoms with van der Waals surface area (Å²) >= 11 is 0. The van der Waals surface area contributed by atoms with Gasteiger partial charge in [0.05, 0.1) is 19.3 Å². The molecule has 0 spiro atoms. The van der Waals surface area contributed by atoms with Crippen molar-refractivity contribution >= 4 is 5.91 Å². The summed E-state index contributed by atoms with van der Waals surface area (Å²) in [5, 5.41) is 7.11. The normalized spacial score (nSPS) is 43.3. The zero-order valence-electron chi connectivity index (χ0n) is 17.3. The summed E-state index contributed by atoms with van der Waals surface area (Å²) in [7, 11) is 0. The van der Waals surface area contributed by atoms with Crippen LogP contribution in [0.5, 0.6) is 0 Å². The van der Waals surface area contributed by atoms with E-state index in [1.807, 2.05) is 0 Å². The fourth-order valence-corrected chi connectivity index (χ4v) is 6.09. The number of amides is 1. The van der Waals surface area contributed by atoms with Crippen LogP contribution in [0, 0.1) is 23.7 Å². The van der Waals surface area contributed by atoms with Crippen molar-refractivity contribution in [3.05, 3.63) is 0 Å². The van der Waals surface area contributed by atoms with E-state index in [9.17, 15) is 4.79 Å². The highest BCUT2D eigenvalue weighted by molar-refractivity contribution is 5.82. The maximum Gasteiger partial charge on any atom is 0.237 e. The van der Waals surface area contributed by atoms with E-state index in [1.54, 1.807) is 0 Å². The van der Waals surface area contributed by atoms with Gasteiger partial charge in [-0.2, -0.15) is 0 Å². The van der Waals surface area contributed by atoms with E-state index < -0.39 is 0 Å². The second-order valence-electron chi connectivity index (χ2n) is 9.82. The molecule has 1 amide bonds. The Kier molecular flexibility index (Phi) is 6.40. The van der Waals surface area contributed by atoms with Crippen LogP contribution in [0.2, 0.25) is 0 Å². The fraction of sp³-hybridized carbons (Fsp3) is 0.955. The molecule has 2 aliphatic heterocycles. The summed E-state index contributed by atoms with van der Waals surface area (Å²) in [4.78, 5) is 15.5. The lowest BCUT2D eigenvalue weighted by Gasteiger charge is -2.39. The Morgan fingerprint density at radius 2 is 1.89 bits per heavy atom. The molecule has 4 aliphatic rings. The number of hydrogen-bond donors (Lipinski definition) is 2. The summed E-state index contributed by atoms with van der Waals surface area (Å²) in [5.74, 6) is 3.15. The Labute approximate surface area is 165 Å². The largest absolute Gasteiger partial charge is 0.379 e. The second kappa shape index (κ2) is 8.79. The molecule has 2 N–H and O–H groups in total. The smallest absolute Gasteiger partial charge is 0.237 e. The standard InChI is InChI=1S/C22H39N3O2/c1-15-6-7-19(12-18(15)14-25-8-10-27-11-9-25)23-22(26)20-13-17-5-3-4-16(2)21(17)24-20/h15-21,24H,3-14H2,1-2H3,(H,23,26). The summed E-state index contributed by atoms with van der Waals surface area (Å²) in [5.41, 5.74) is 0. The molecular weight excluding hydrogens is 338 g/mol. The van der Waals surface area contributed by atoms with Crippen LogP contribution < -0.4 is 10.6 Å². The molecule has 4 fully saturated rings. The van der Waals surface area contributed by atoms with Crippen molar-refractivity contribution in [1.29, 1.82) is 0 Å². The van der Waals surface area contributed by atoms with Crippen LogP contribution in [0.4, 0.5) is 0 Å². The van der Waals surface area contributed by atoms with E-state index in [0.717, 1.165) is 57.4 Å². The van der Waals surface area contributed by atoms with Crippen LogP contribution >= 0.6 is 0 Å². The number of nitrogens with one attached hydrogen (secondary N) is 2. The molecular formula is C22H39N3O2. The van der Waals surface area contributed by atoms with Gasteiger partial charge in [0.1, 0.15) is 0 Å². The molecule has 0 aromatic carbocycles. The number of ether oxygens (including phenoxy) is 1. The first-order valence-corrected chi connectivity index (χ1v) is 11.5. The molecule has 2 aliphatic carbocycles. The van der Waals surface area contributed by atoms with Crippen LogP contribution in [-0.2, 0) is 9.53 Å². The van der Waals surface area contributed by atoms with Gasteiger partial charge in [0.15, 0.2) is 0 Å². The fourth-order valence-electron chi connectivity index (χ4n) is 6.09. The molecule has 5 heteroatoms. The van der Waals surface area contributed by atoms with Crippen molar-refractivity contribution in [2.75, 3.05) is 32.8 Å². The van der Waals surface area contributed by atoms with Gasteiger partial charge in [0.2, 0.25) is 5.91 Å². The number of fused-ring (bicyclic) bond motifs is 1. The Hall–Kier alpha value is -0.650. The van der Waals surface area contributed by atoms with Crippen LogP contribution in [0.25, 0.3) is 0 Å². The van der Waals surface area contributed by atoms with E-state index in [0.29, 0.717) is 23.9 Å². The highest BCUT2D eigenvalue weighted by Crippen LogP contribution is 2.37. The van der Waals surface area contributed by atoms with Crippen LogP contribution in [0.3, 0.4) is 0 Å². The third kappa shape index (κ3) is 4.68. The zero-order valence-corrected chi connectivity index (χ0v) is 17.3. The molecule has 0 bridgehead atoms. The van der Waals surface area contributed by atoms with Gasteiger partial charge in [0, 0.05) is 31.7 Å². The number of nitrogens with zero attached hydrogens (tertiary/aromatic N) is 1. The van der Waals surface area contributed by atoms with Gasteiger partial charge in [-0.25, -0.2) is 0 Å². The molecule has 2 saturated heterocycles. The van der Waals surface area contributed by atoms with Gasteiger partial charge >= 0.3 is 0 Å². The van der Waals surface area contributed by atoms with Crippen molar-refractivity contribution in [2.24, 2.45) is 23.7 Å². The maximum atomic E-state index is 12.9. The van der Waals surface area contributed by atoms with Crippen LogP contribution in [-0.4, -0.2) is 61.8 Å². The Balaban J connectivity index is 1.28. The monoisotopic (exact) mass is 377 g/mol. The molecule has 2 heterocycles. The average molecular weight is 378 g/mol. The third-order valence-corrected chi connectivity index (χ3v) is 7.91. The molecule has 0 aromatic rings. The molecule has 0 radical (unpaired) electrons. The van der Waals surface area contributed by atoms with E-state index in [1.165, 1.54) is 32.2 Å². The lowest BCUT2D eigenvalue weighted by molar-refractivity contribution is -0.124. The maximum absolute atomic E-state index is 12.9. The highest BCUT2D eigenvalue weighted by Gasteiger charge is 2.42. The minimum Gasteiger partial charge on any atom is -0.379 e. The zero-order chi connectivity index (χ0) is 18.8. The van der Waals surface area contributed by atoms with Crippen molar-refractivity contribution in [3.8, 4) is 0 Å². The minimum absolute atomic E-state index is 0.0394. The summed E-state index contributed by atoms with van der Waals surface area (Å²) in [6.07, 6.45) is 8.51. The topological polar surface area (TPSA) is 53.6 Å². The third-order valence-electron chi connectivity index (χ3n) is 7.91. The first-order valence-electron chi connectivity index (χ1n) is 11.5. The van der Waals surface area contributed by atoms with E-state index in [2.05, 4.69) is 29.4 Å². The lowest BCUT2D eigenvalue weighted by atomic mass is 9.77. The average Bonchev–Trinajstić information content (AvgIpc) is 3.11. The highest BCUT2D eigenvalue weighted by atomic mass is 16.5. The molecule has 2 saturated carbocycles. The molecule has 4 rings (SSSR count). The van der Waals surface area contributed by atoms with Gasteiger partial charge in [0.25, 0.3) is 0 Å². The number of rotatable bonds is 4. The minimum atomic E-state index is 0.0394. The SMILES string of the molecule is CC1CCC(NC(=O)C2CC3CCCC(C)C3N2)CC1CN1CCOCC1. The van der Waals surface area contributed by atoms with Gasteiger partial charge in [-0.3, -0.25) is 9.69 Å². The van der Waals surface area contributed by atoms with Gasteiger partial charge in [-0.05, 0) is 62.2 Å². The molecule has 27 heavy (non-hydrogen) atoms. The Morgan fingerprint density at radius 1 is 1.07 bits per heavy atom. The van der Waals surface area contributed by atoms with E-state index in [4.69, 9.17) is 4.74 Å².